The lowest BCUT2D eigenvalue weighted by Gasteiger charge is -2.47. The van der Waals surface area contributed by atoms with Crippen LogP contribution in [0.4, 0.5) is 0 Å². The Bertz CT molecular complexity index is 385. The zero-order valence-corrected chi connectivity index (χ0v) is 9.93. The Labute approximate surface area is 101 Å². The Morgan fingerprint density at radius 1 is 1.41 bits per heavy atom. The number of carbonyl (C=O) groups is 1. The van der Waals surface area contributed by atoms with Gasteiger partial charge in [-0.2, -0.15) is 0 Å². The lowest BCUT2D eigenvalue weighted by atomic mass is 9.95. The van der Waals surface area contributed by atoms with Crippen LogP contribution in [0.2, 0.25) is 0 Å². The molecule has 4 heteroatoms. The monoisotopic (exact) mass is 235 g/mol. The van der Waals surface area contributed by atoms with Gasteiger partial charge < -0.3 is 9.84 Å². The quantitative estimate of drug-likeness (QED) is 0.837. The van der Waals surface area contributed by atoms with Gasteiger partial charge in [0.1, 0.15) is 6.61 Å². The van der Waals surface area contributed by atoms with Gasteiger partial charge in [-0.15, -0.1) is 0 Å². The van der Waals surface area contributed by atoms with Crippen LogP contribution in [0.15, 0.2) is 30.3 Å². The van der Waals surface area contributed by atoms with Gasteiger partial charge in [-0.3, -0.25) is 4.90 Å². The third-order valence-corrected chi connectivity index (χ3v) is 2.91. The smallest absolute Gasteiger partial charge is 0.329 e. The van der Waals surface area contributed by atoms with E-state index in [9.17, 15) is 4.79 Å². The second-order valence-electron chi connectivity index (χ2n) is 4.76. The molecule has 2 rings (SSSR count). The Morgan fingerprint density at radius 3 is 2.65 bits per heavy atom. The molecule has 1 saturated heterocycles. The fraction of sp³-hybridized carbons (Fsp3) is 0.462. The molecule has 1 heterocycles. The SMILES string of the molecule is CC1(OCC(=O)O)CN(Cc2ccccc2)C1. The highest BCUT2D eigenvalue weighted by molar-refractivity contribution is 5.68. The molecule has 0 spiro atoms. The fourth-order valence-electron chi connectivity index (χ4n) is 2.18. The van der Waals surface area contributed by atoms with E-state index in [4.69, 9.17) is 9.84 Å². The molecule has 1 fully saturated rings. The summed E-state index contributed by atoms with van der Waals surface area (Å²) in [6, 6.07) is 10.2. The van der Waals surface area contributed by atoms with E-state index >= 15 is 0 Å². The number of rotatable bonds is 5. The normalized spacial score (nSPS) is 18.6. The van der Waals surface area contributed by atoms with Crippen molar-refractivity contribution in [3.8, 4) is 0 Å². The van der Waals surface area contributed by atoms with Crippen LogP contribution in [0, 0.1) is 0 Å². The lowest BCUT2D eigenvalue weighted by Crippen LogP contribution is -2.61. The molecule has 0 bridgehead atoms. The Morgan fingerprint density at radius 2 is 2.06 bits per heavy atom. The number of carboxylic acid groups (broad SMARTS) is 1. The maximum atomic E-state index is 10.4. The predicted octanol–water partition coefficient (Wildman–Crippen LogP) is 1.36. The van der Waals surface area contributed by atoms with Crippen LogP contribution in [-0.4, -0.2) is 41.3 Å². The molecule has 4 nitrogen and oxygen atoms in total. The summed E-state index contributed by atoms with van der Waals surface area (Å²) in [4.78, 5) is 12.7. The molecule has 1 aliphatic heterocycles. The summed E-state index contributed by atoms with van der Waals surface area (Å²) in [5.74, 6) is -0.910. The summed E-state index contributed by atoms with van der Waals surface area (Å²) in [6.07, 6.45) is 0. The molecule has 92 valence electrons. The van der Waals surface area contributed by atoms with Crippen molar-refractivity contribution >= 4 is 5.97 Å². The molecule has 17 heavy (non-hydrogen) atoms. The standard InChI is InChI=1S/C13H17NO3/c1-13(17-8-12(15)16)9-14(10-13)7-11-5-3-2-4-6-11/h2-6H,7-10H2,1H3,(H,15,16). The van der Waals surface area contributed by atoms with E-state index in [1.54, 1.807) is 0 Å². The van der Waals surface area contributed by atoms with Gasteiger partial charge in [0.2, 0.25) is 0 Å². The molecule has 1 N–H and O–H groups in total. The number of ether oxygens (including phenoxy) is 1. The first-order valence-electron chi connectivity index (χ1n) is 5.69. The third-order valence-electron chi connectivity index (χ3n) is 2.91. The van der Waals surface area contributed by atoms with Gasteiger partial charge in [0.05, 0.1) is 5.60 Å². The number of aliphatic carboxylic acids is 1. The van der Waals surface area contributed by atoms with Crippen molar-refractivity contribution in [2.24, 2.45) is 0 Å². The average Bonchev–Trinajstić information content (AvgIpc) is 2.26. The van der Waals surface area contributed by atoms with Crippen LogP contribution in [0.3, 0.4) is 0 Å². The number of benzene rings is 1. The summed E-state index contributed by atoms with van der Waals surface area (Å²) < 4.78 is 5.35. The number of hydrogen-bond donors (Lipinski definition) is 1. The number of likely N-dealkylation sites (tertiary alicyclic amines) is 1. The van der Waals surface area contributed by atoms with Crippen molar-refractivity contribution in [3.63, 3.8) is 0 Å². The van der Waals surface area contributed by atoms with Crippen LogP contribution in [-0.2, 0) is 16.1 Å². The molecule has 0 atom stereocenters. The van der Waals surface area contributed by atoms with E-state index in [1.807, 2.05) is 25.1 Å². The minimum absolute atomic E-state index is 0.213. The molecule has 0 radical (unpaired) electrons. The topological polar surface area (TPSA) is 49.8 Å². The first-order chi connectivity index (χ1) is 8.07. The van der Waals surface area contributed by atoms with Gasteiger partial charge in [0.25, 0.3) is 0 Å². The molecular weight excluding hydrogens is 218 g/mol. The maximum Gasteiger partial charge on any atom is 0.329 e. The van der Waals surface area contributed by atoms with E-state index in [0.29, 0.717) is 0 Å². The van der Waals surface area contributed by atoms with Crippen molar-refractivity contribution in [1.82, 2.24) is 4.90 Å². The van der Waals surface area contributed by atoms with Gasteiger partial charge in [0, 0.05) is 19.6 Å². The molecule has 1 aromatic rings. The second kappa shape index (κ2) is 4.85. The summed E-state index contributed by atoms with van der Waals surface area (Å²) in [5.41, 5.74) is 0.973. The highest BCUT2D eigenvalue weighted by Gasteiger charge is 2.39. The maximum absolute atomic E-state index is 10.4. The van der Waals surface area contributed by atoms with Crippen LogP contribution < -0.4 is 0 Å². The molecule has 0 amide bonds. The average molecular weight is 235 g/mol. The van der Waals surface area contributed by atoms with E-state index in [1.165, 1.54) is 5.56 Å². The minimum Gasteiger partial charge on any atom is -0.480 e. The van der Waals surface area contributed by atoms with Crippen LogP contribution in [0.25, 0.3) is 0 Å². The minimum atomic E-state index is -0.910. The largest absolute Gasteiger partial charge is 0.480 e. The van der Waals surface area contributed by atoms with Gasteiger partial charge >= 0.3 is 5.97 Å². The highest BCUT2D eigenvalue weighted by Crippen LogP contribution is 2.26. The number of nitrogens with zero attached hydrogens (tertiary/aromatic N) is 1. The van der Waals surface area contributed by atoms with Gasteiger partial charge in [-0.1, -0.05) is 30.3 Å². The summed E-state index contributed by atoms with van der Waals surface area (Å²) in [5, 5.41) is 8.56. The Hall–Kier alpha value is -1.39. The molecule has 1 aromatic carbocycles. The third kappa shape index (κ3) is 3.28. The summed E-state index contributed by atoms with van der Waals surface area (Å²) in [6.45, 7) is 4.21. The predicted molar refractivity (Wildman–Crippen MR) is 63.7 cm³/mol. The Balaban J connectivity index is 1.77. The van der Waals surface area contributed by atoms with E-state index in [0.717, 1.165) is 19.6 Å². The van der Waals surface area contributed by atoms with Crippen LogP contribution >= 0.6 is 0 Å². The number of hydrogen-bond acceptors (Lipinski definition) is 3. The van der Waals surface area contributed by atoms with E-state index < -0.39 is 5.97 Å². The zero-order valence-electron chi connectivity index (χ0n) is 9.93. The van der Waals surface area contributed by atoms with Crippen molar-refractivity contribution in [2.45, 2.75) is 19.1 Å². The van der Waals surface area contributed by atoms with E-state index in [-0.39, 0.29) is 12.2 Å². The summed E-state index contributed by atoms with van der Waals surface area (Å²) in [7, 11) is 0. The first kappa shape index (κ1) is 12.1. The van der Waals surface area contributed by atoms with E-state index in [2.05, 4.69) is 17.0 Å². The van der Waals surface area contributed by atoms with Crippen molar-refractivity contribution in [2.75, 3.05) is 19.7 Å². The lowest BCUT2D eigenvalue weighted by molar-refractivity contribution is -0.165. The van der Waals surface area contributed by atoms with Gasteiger partial charge in [0.15, 0.2) is 0 Å². The molecule has 1 aliphatic rings. The van der Waals surface area contributed by atoms with Crippen molar-refractivity contribution < 1.29 is 14.6 Å². The van der Waals surface area contributed by atoms with Gasteiger partial charge in [-0.05, 0) is 12.5 Å². The Kier molecular flexibility index (Phi) is 3.45. The van der Waals surface area contributed by atoms with Crippen LogP contribution in [0.5, 0.6) is 0 Å². The molecule has 0 saturated carbocycles. The van der Waals surface area contributed by atoms with Crippen LogP contribution in [0.1, 0.15) is 12.5 Å². The fourth-order valence-corrected chi connectivity index (χ4v) is 2.18. The molecular formula is C13H17NO3. The summed E-state index contributed by atoms with van der Waals surface area (Å²) >= 11 is 0. The number of carboxylic acids is 1. The molecule has 0 unspecified atom stereocenters. The van der Waals surface area contributed by atoms with Crippen molar-refractivity contribution in [3.05, 3.63) is 35.9 Å². The molecule has 0 aliphatic carbocycles. The van der Waals surface area contributed by atoms with Gasteiger partial charge in [-0.25, -0.2) is 4.79 Å². The second-order valence-corrected chi connectivity index (χ2v) is 4.76. The van der Waals surface area contributed by atoms with Crippen molar-refractivity contribution in [1.29, 1.82) is 0 Å². The zero-order chi connectivity index (χ0) is 12.3. The molecule has 0 aromatic heterocycles. The first-order valence-corrected chi connectivity index (χ1v) is 5.69. The highest BCUT2D eigenvalue weighted by atomic mass is 16.5.